The van der Waals surface area contributed by atoms with Crippen LogP contribution in [0.2, 0.25) is 0 Å². The van der Waals surface area contributed by atoms with Crippen LogP contribution in [-0.4, -0.2) is 14.3 Å². The molecule has 1 aliphatic carbocycles. The molecule has 1 aromatic carbocycles. The molecule has 1 unspecified atom stereocenters. The summed E-state index contributed by atoms with van der Waals surface area (Å²) in [6.07, 6.45) is 16.9. The zero-order valence-corrected chi connectivity index (χ0v) is 11.6. The van der Waals surface area contributed by atoms with Crippen molar-refractivity contribution < 1.29 is 0 Å². The fourth-order valence-corrected chi connectivity index (χ4v) is 2.91. The summed E-state index contributed by atoms with van der Waals surface area (Å²) in [5.41, 5.74) is 5.14. The van der Waals surface area contributed by atoms with E-state index in [1.165, 1.54) is 0 Å². The summed E-state index contributed by atoms with van der Waals surface area (Å²) in [5.74, 6) is 8.61. The first-order valence-corrected chi connectivity index (χ1v) is 7.09. The Hall–Kier alpha value is -2.53. The molecule has 1 heteroatoms. The molecule has 0 aromatic heterocycles. The van der Waals surface area contributed by atoms with Crippen LogP contribution in [0.25, 0.3) is 0 Å². The molecule has 1 aliphatic rings. The van der Waals surface area contributed by atoms with E-state index in [4.69, 9.17) is 12.8 Å². The van der Waals surface area contributed by atoms with E-state index >= 15 is 0 Å². The van der Waals surface area contributed by atoms with Gasteiger partial charge < -0.3 is 0 Å². The van der Waals surface area contributed by atoms with E-state index in [-0.39, 0.29) is 15.0 Å². The highest BCUT2D eigenvalue weighted by molar-refractivity contribution is 6.65. The smallest absolute Gasteiger partial charge is 0.0938 e. The first kappa shape index (κ1) is 12.9. The molecule has 0 saturated heterocycles. The average molecular weight is 256 g/mol. The van der Waals surface area contributed by atoms with Gasteiger partial charge in [-0.05, 0) is 23.4 Å². The molecule has 0 radical (unpaired) electrons. The lowest BCUT2D eigenvalue weighted by atomic mass is 9.95. The lowest BCUT2D eigenvalue weighted by Gasteiger charge is -2.13. The number of hydrogen-bond acceptors (Lipinski definition) is 0. The predicted molar refractivity (Wildman–Crippen MR) is 83.9 cm³/mol. The monoisotopic (exact) mass is 256 g/mol. The quantitative estimate of drug-likeness (QED) is 0.492. The first-order chi connectivity index (χ1) is 9.35. The highest BCUT2D eigenvalue weighted by atomic mass is 28.2. The molecule has 2 rings (SSSR count). The summed E-state index contributed by atoms with van der Waals surface area (Å²) in [7, 11) is -0.206. The minimum Gasteiger partial charge on any atom is -0.119 e. The van der Waals surface area contributed by atoms with E-state index in [9.17, 15) is 0 Å². The summed E-state index contributed by atoms with van der Waals surface area (Å²) in [6.45, 7) is 0. The first-order valence-electron chi connectivity index (χ1n) is 5.93. The maximum atomic E-state index is 5.54. The van der Waals surface area contributed by atoms with Gasteiger partial charge in [0.05, 0.1) is 15.0 Å². The second-order valence-electron chi connectivity index (χ2n) is 3.99. The van der Waals surface area contributed by atoms with Crippen molar-refractivity contribution in [3.63, 3.8) is 0 Å². The van der Waals surface area contributed by atoms with Crippen molar-refractivity contribution in [3.05, 3.63) is 59.7 Å². The molecule has 88 valence electrons. The van der Waals surface area contributed by atoms with Crippen LogP contribution in [-0.2, 0) is 0 Å². The van der Waals surface area contributed by atoms with E-state index in [1.807, 2.05) is 48.6 Å². The molecule has 0 bridgehead atoms. The number of allylic oxidation sites excluding steroid dienone is 4. The number of rotatable bonds is 0. The fraction of sp³-hybridized carbons (Fsp3) is 0.0556. The van der Waals surface area contributed by atoms with Crippen LogP contribution >= 0.6 is 0 Å². The maximum Gasteiger partial charge on any atom is 0.0938 e. The zero-order valence-electron chi connectivity index (χ0n) is 10.4. The molecule has 0 spiro atoms. The molecule has 0 aliphatic heterocycles. The van der Waals surface area contributed by atoms with Crippen molar-refractivity contribution in [2.24, 2.45) is 5.92 Å². The van der Waals surface area contributed by atoms with Crippen molar-refractivity contribution in [2.75, 3.05) is 0 Å². The standard InChI is InChI=1S/C18H12Si/c1-3-16-11-8-12-17(4-2)18(16)19-14-13-15-9-6-5-7-10-15/h1-2,5-12,16,19H. The molecular weight excluding hydrogens is 244 g/mol. The molecule has 0 fully saturated rings. The Bertz CT molecular complexity index is 692. The molecule has 0 nitrogen and oxygen atoms in total. The molecule has 1 aromatic rings. The Morgan fingerprint density at radius 2 is 1.89 bits per heavy atom. The van der Waals surface area contributed by atoms with Crippen LogP contribution in [0, 0.1) is 42.1 Å². The average Bonchev–Trinajstić information content (AvgIpc) is 2.48. The van der Waals surface area contributed by atoms with Gasteiger partial charge in [0.1, 0.15) is 0 Å². The summed E-state index contributed by atoms with van der Waals surface area (Å²) in [4.78, 5) is 0. The number of terminal acetylenes is 2. The lowest BCUT2D eigenvalue weighted by Crippen LogP contribution is -2.18. The van der Waals surface area contributed by atoms with Gasteiger partial charge >= 0.3 is 0 Å². The van der Waals surface area contributed by atoms with Crippen LogP contribution in [0.15, 0.2) is 54.1 Å². The zero-order chi connectivity index (χ0) is 13.5. The molecular formula is C18H12Si. The third-order valence-electron chi connectivity index (χ3n) is 2.77. The van der Waals surface area contributed by atoms with Gasteiger partial charge in [-0.25, -0.2) is 0 Å². The van der Waals surface area contributed by atoms with Crippen LogP contribution in [0.1, 0.15) is 5.56 Å². The van der Waals surface area contributed by atoms with Gasteiger partial charge in [0.2, 0.25) is 0 Å². The lowest BCUT2D eigenvalue weighted by molar-refractivity contribution is 1.20. The molecule has 0 N–H and O–H groups in total. The van der Waals surface area contributed by atoms with Gasteiger partial charge in [-0.2, -0.15) is 0 Å². The van der Waals surface area contributed by atoms with E-state index < -0.39 is 0 Å². The van der Waals surface area contributed by atoms with Gasteiger partial charge in [0, 0.05) is 11.1 Å². The summed E-state index contributed by atoms with van der Waals surface area (Å²) < 4.78 is 0. The van der Waals surface area contributed by atoms with Gasteiger partial charge in [-0.1, -0.05) is 48.1 Å². The molecule has 0 saturated carbocycles. The summed E-state index contributed by atoms with van der Waals surface area (Å²) in [6, 6.07) is 9.93. The predicted octanol–water partition coefficient (Wildman–Crippen LogP) is 1.98. The van der Waals surface area contributed by atoms with Crippen molar-refractivity contribution in [1.29, 1.82) is 0 Å². The third kappa shape index (κ3) is 3.23. The normalized spacial score (nSPS) is 18.7. The molecule has 19 heavy (non-hydrogen) atoms. The third-order valence-corrected chi connectivity index (χ3v) is 4.04. The molecule has 1 atom stereocenters. The number of hydrogen-bond donors (Lipinski definition) is 0. The largest absolute Gasteiger partial charge is 0.119 e. The summed E-state index contributed by atoms with van der Waals surface area (Å²) >= 11 is 0. The summed E-state index contributed by atoms with van der Waals surface area (Å²) in [5, 5.41) is 1.12. The van der Waals surface area contributed by atoms with Crippen molar-refractivity contribution >= 4 is 14.3 Å². The minimum atomic E-state index is -0.206. The van der Waals surface area contributed by atoms with Crippen LogP contribution in [0.4, 0.5) is 0 Å². The van der Waals surface area contributed by atoms with Crippen LogP contribution < -0.4 is 0 Å². The Balaban J connectivity index is 2.30. The maximum absolute atomic E-state index is 5.54. The minimum absolute atomic E-state index is 0.00359. The Labute approximate surface area is 116 Å². The van der Waals surface area contributed by atoms with Crippen molar-refractivity contribution in [1.82, 2.24) is 0 Å². The Morgan fingerprint density at radius 1 is 1.11 bits per heavy atom. The van der Waals surface area contributed by atoms with E-state index in [1.54, 1.807) is 0 Å². The van der Waals surface area contributed by atoms with Crippen molar-refractivity contribution in [2.45, 2.75) is 0 Å². The van der Waals surface area contributed by atoms with Crippen LogP contribution in [0.5, 0.6) is 0 Å². The second kappa shape index (κ2) is 6.41. The van der Waals surface area contributed by atoms with Gasteiger partial charge in [-0.3, -0.25) is 0 Å². The van der Waals surface area contributed by atoms with Gasteiger partial charge in [0.25, 0.3) is 0 Å². The fourth-order valence-electron chi connectivity index (χ4n) is 1.79. The molecule has 0 amide bonds. The highest BCUT2D eigenvalue weighted by Gasteiger charge is 2.13. The SMILES string of the molecule is C#CC1=CC=CC(C#C)C1=[SiH]C#Cc1ccccc1. The van der Waals surface area contributed by atoms with Gasteiger partial charge in [0.15, 0.2) is 0 Å². The highest BCUT2D eigenvalue weighted by Crippen LogP contribution is 2.13. The second-order valence-corrected chi connectivity index (χ2v) is 5.19. The van der Waals surface area contributed by atoms with E-state index in [0.717, 1.165) is 16.3 Å². The van der Waals surface area contributed by atoms with E-state index in [0.29, 0.717) is 0 Å². The Morgan fingerprint density at radius 3 is 2.58 bits per heavy atom. The topological polar surface area (TPSA) is 0 Å². The molecule has 0 heterocycles. The van der Waals surface area contributed by atoms with Crippen molar-refractivity contribution in [3.8, 4) is 36.2 Å². The number of benzene rings is 1. The van der Waals surface area contributed by atoms with Crippen LogP contribution in [0.3, 0.4) is 0 Å². The van der Waals surface area contributed by atoms with Gasteiger partial charge in [-0.15, -0.1) is 18.4 Å². The van der Waals surface area contributed by atoms with E-state index in [2.05, 4.69) is 23.3 Å². The Kier molecular flexibility index (Phi) is 4.36.